The minimum Gasteiger partial charge on any atom is -0.298 e. The van der Waals surface area contributed by atoms with Crippen LogP contribution >= 0.6 is 0 Å². The molecule has 5 nitrogen and oxygen atoms in total. The van der Waals surface area contributed by atoms with Crippen LogP contribution < -0.4 is 0 Å². The summed E-state index contributed by atoms with van der Waals surface area (Å²) in [6, 6.07) is 10.1. The summed E-state index contributed by atoms with van der Waals surface area (Å²) < 4.78 is 0. The Morgan fingerprint density at radius 3 is 2.74 bits per heavy atom. The Labute approximate surface area is 136 Å². The number of piperidine rings is 1. The first kappa shape index (κ1) is 14.4. The molecule has 1 aromatic carbocycles. The Bertz CT molecular complexity index is 708. The molecule has 2 aromatic rings. The molecule has 0 spiro atoms. The predicted molar refractivity (Wildman–Crippen MR) is 86.8 cm³/mol. The number of aromatic amines is 1. The fraction of sp³-hybridized carbons (Fsp3) is 0.500. The van der Waals surface area contributed by atoms with Crippen LogP contribution in [0.4, 0.5) is 0 Å². The fourth-order valence-corrected chi connectivity index (χ4v) is 3.36. The molecule has 1 saturated heterocycles. The van der Waals surface area contributed by atoms with Crippen molar-refractivity contribution >= 4 is 0 Å². The van der Waals surface area contributed by atoms with Gasteiger partial charge in [-0.15, -0.1) is 0 Å². The van der Waals surface area contributed by atoms with E-state index >= 15 is 0 Å². The molecular formula is C18H21N5. The van der Waals surface area contributed by atoms with Crippen molar-refractivity contribution in [2.75, 3.05) is 13.1 Å². The molecule has 0 amide bonds. The number of benzene rings is 1. The third-order valence-electron chi connectivity index (χ3n) is 4.84. The van der Waals surface area contributed by atoms with Gasteiger partial charge in [-0.05, 0) is 49.9 Å². The van der Waals surface area contributed by atoms with Crippen LogP contribution in [0.25, 0.3) is 0 Å². The molecular weight excluding hydrogens is 286 g/mol. The number of hydrogen-bond donors (Lipinski definition) is 1. The highest BCUT2D eigenvalue weighted by atomic mass is 15.2. The molecule has 1 saturated carbocycles. The van der Waals surface area contributed by atoms with Gasteiger partial charge in [-0.1, -0.05) is 12.1 Å². The van der Waals surface area contributed by atoms with Crippen molar-refractivity contribution in [1.82, 2.24) is 20.1 Å². The van der Waals surface area contributed by atoms with Crippen molar-refractivity contribution in [3.8, 4) is 6.07 Å². The summed E-state index contributed by atoms with van der Waals surface area (Å²) in [5.74, 6) is 3.15. The lowest BCUT2D eigenvalue weighted by Gasteiger charge is -2.31. The lowest BCUT2D eigenvalue weighted by molar-refractivity contribution is 0.196. The smallest absolute Gasteiger partial charge is 0.155 e. The Kier molecular flexibility index (Phi) is 3.84. The van der Waals surface area contributed by atoms with E-state index in [9.17, 15) is 0 Å². The van der Waals surface area contributed by atoms with Crippen molar-refractivity contribution in [2.45, 2.75) is 44.1 Å². The molecule has 0 unspecified atom stereocenters. The molecule has 5 heteroatoms. The van der Waals surface area contributed by atoms with Crippen LogP contribution in [0.2, 0.25) is 0 Å². The van der Waals surface area contributed by atoms with Gasteiger partial charge in [-0.25, -0.2) is 4.98 Å². The first-order valence-corrected chi connectivity index (χ1v) is 8.45. The number of rotatable bonds is 4. The summed E-state index contributed by atoms with van der Waals surface area (Å²) in [5.41, 5.74) is 1.98. The topological polar surface area (TPSA) is 68.6 Å². The fourth-order valence-electron chi connectivity index (χ4n) is 3.36. The number of aromatic nitrogens is 3. The second kappa shape index (κ2) is 6.13. The molecule has 2 fully saturated rings. The van der Waals surface area contributed by atoms with Crippen LogP contribution in [-0.4, -0.2) is 33.2 Å². The minimum absolute atomic E-state index is 0.436. The number of H-pyrrole nitrogens is 1. The lowest BCUT2D eigenvalue weighted by atomic mass is 9.97. The number of likely N-dealkylation sites (tertiary alicyclic amines) is 1. The van der Waals surface area contributed by atoms with Crippen LogP contribution in [-0.2, 0) is 6.54 Å². The summed E-state index contributed by atoms with van der Waals surface area (Å²) in [4.78, 5) is 7.21. The van der Waals surface area contributed by atoms with Gasteiger partial charge < -0.3 is 0 Å². The molecule has 2 aliphatic rings. The van der Waals surface area contributed by atoms with Gasteiger partial charge in [0, 0.05) is 24.9 Å². The van der Waals surface area contributed by atoms with Gasteiger partial charge in [0.25, 0.3) is 0 Å². The van der Waals surface area contributed by atoms with E-state index in [0.717, 1.165) is 36.8 Å². The highest BCUT2D eigenvalue weighted by molar-refractivity contribution is 5.31. The second-order valence-electron chi connectivity index (χ2n) is 6.74. The molecule has 2 heterocycles. The van der Waals surface area contributed by atoms with Crippen LogP contribution in [0.1, 0.15) is 60.3 Å². The van der Waals surface area contributed by atoms with Crippen molar-refractivity contribution in [2.24, 2.45) is 0 Å². The van der Waals surface area contributed by atoms with E-state index < -0.39 is 0 Å². The molecule has 118 valence electrons. The first-order valence-electron chi connectivity index (χ1n) is 8.45. The number of nitrogens with zero attached hydrogens (tertiary/aromatic N) is 4. The highest BCUT2D eigenvalue weighted by Gasteiger charge is 2.30. The minimum atomic E-state index is 0.436. The van der Waals surface area contributed by atoms with Gasteiger partial charge in [-0.3, -0.25) is 10.00 Å². The van der Waals surface area contributed by atoms with E-state index in [1.54, 1.807) is 0 Å². The van der Waals surface area contributed by atoms with Crippen molar-refractivity contribution in [3.63, 3.8) is 0 Å². The maximum Gasteiger partial charge on any atom is 0.155 e. The summed E-state index contributed by atoms with van der Waals surface area (Å²) in [5, 5.41) is 16.5. The molecule has 1 aliphatic carbocycles. The summed E-state index contributed by atoms with van der Waals surface area (Å²) in [6.45, 7) is 3.07. The quantitative estimate of drug-likeness (QED) is 0.943. The zero-order valence-corrected chi connectivity index (χ0v) is 13.2. The molecule has 0 bridgehead atoms. The van der Waals surface area contributed by atoms with Crippen LogP contribution in [0, 0.1) is 11.3 Å². The first-order chi connectivity index (χ1) is 11.3. The maximum absolute atomic E-state index is 8.88. The van der Waals surface area contributed by atoms with Crippen molar-refractivity contribution in [3.05, 3.63) is 47.0 Å². The third-order valence-corrected chi connectivity index (χ3v) is 4.84. The highest BCUT2D eigenvalue weighted by Crippen LogP contribution is 2.38. The SMILES string of the molecule is N#Cc1ccc(CN2CCC[C@H](c3n[nH]c(C4CC4)n3)C2)cc1. The van der Waals surface area contributed by atoms with E-state index in [0.29, 0.717) is 11.8 Å². The molecule has 1 atom stereocenters. The van der Waals surface area contributed by atoms with E-state index in [2.05, 4.69) is 33.3 Å². The molecule has 4 rings (SSSR count). The maximum atomic E-state index is 8.88. The monoisotopic (exact) mass is 307 g/mol. The lowest BCUT2D eigenvalue weighted by Crippen LogP contribution is -2.34. The average Bonchev–Trinajstić information content (AvgIpc) is 3.33. The average molecular weight is 307 g/mol. The normalized spacial score (nSPS) is 22.0. The summed E-state index contributed by atoms with van der Waals surface area (Å²) >= 11 is 0. The van der Waals surface area contributed by atoms with E-state index in [1.807, 2.05) is 12.1 Å². The van der Waals surface area contributed by atoms with Crippen molar-refractivity contribution < 1.29 is 0 Å². The zero-order chi connectivity index (χ0) is 15.6. The van der Waals surface area contributed by atoms with Crippen LogP contribution in [0.3, 0.4) is 0 Å². The Hall–Kier alpha value is -2.19. The molecule has 23 heavy (non-hydrogen) atoms. The molecule has 1 N–H and O–H groups in total. The van der Waals surface area contributed by atoms with Gasteiger partial charge in [0.1, 0.15) is 5.82 Å². The van der Waals surface area contributed by atoms with E-state index in [-0.39, 0.29) is 0 Å². The molecule has 1 aromatic heterocycles. The summed E-state index contributed by atoms with van der Waals surface area (Å²) in [7, 11) is 0. The third kappa shape index (κ3) is 3.27. The molecule has 1 aliphatic heterocycles. The predicted octanol–water partition coefficient (Wildman–Crippen LogP) is 2.93. The van der Waals surface area contributed by atoms with Gasteiger partial charge in [0.15, 0.2) is 5.82 Å². The standard InChI is InChI=1S/C18H21N5/c19-10-13-3-5-14(6-4-13)11-23-9-1-2-16(12-23)18-20-17(21-22-18)15-7-8-15/h3-6,15-16H,1-2,7-9,11-12H2,(H,20,21,22)/t16-/m0/s1. The summed E-state index contributed by atoms with van der Waals surface area (Å²) in [6.07, 6.45) is 4.87. The largest absolute Gasteiger partial charge is 0.298 e. The Morgan fingerprint density at radius 2 is 2.00 bits per heavy atom. The van der Waals surface area contributed by atoms with Gasteiger partial charge in [0.05, 0.1) is 11.6 Å². The second-order valence-corrected chi connectivity index (χ2v) is 6.74. The number of nitrogens with one attached hydrogen (secondary N) is 1. The Morgan fingerprint density at radius 1 is 1.17 bits per heavy atom. The Balaban J connectivity index is 1.40. The van der Waals surface area contributed by atoms with Crippen LogP contribution in [0.5, 0.6) is 0 Å². The van der Waals surface area contributed by atoms with E-state index in [1.165, 1.54) is 31.2 Å². The number of hydrogen-bond acceptors (Lipinski definition) is 4. The number of nitriles is 1. The van der Waals surface area contributed by atoms with Crippen molar-refractivity contribution in [1.29, 1.82) is 5.26 Å². The van der Waals surface area contributed by atoms with Gasteiger partial charge >= 0.3 is 0 Å². The van der Waals surface area contributed by atoms with E-state index in [4.69, 9.17) is 10.2 Å². The van der Waals surface area contributed by atoms with Gasteiger partial charge in [0.2, 0.25) is 0 Å². The zero-order valence-electron chi connectivity index (χ0n) is 13.2. The molecule has 0 radical (unpaired) electrons. The van der Waals surface area contributed by atoms with Gasteiger partial charge in [-0.2, -0.15) is 10.4 Å². The van der Waals surface area contributed by atoms with Crippen LogP contribution in [0.15, 0.2) is 24.3 Å².